The van der Waals surface area contributed by atoms with Gasteiger partial charge in [-0.3, -0.25) is 0 Å². The second-order valence-corrected chi connectivity index (χ2v) is 3.12. The zero-order valence-corrected chi connectivity index (χ0v) is 7.05. The van der Waals surface area contributed by atoms with Crippen molar-refractivity contribution in [1.82, 2.24) is 0 Å². The molecule has 0 saturated carbocycles. The summed E-state index contributed by atoms with van der Waals surface area (Å²) in [6.07, 6.45) is 3.26. The molecule has 0 aromatic carbocycles. The fourth-order valence-corrected chi connectivity index (χ4v) is 1.61. The van der Waals surface area contributed by atoms with Gasteiger partial charge in [0, 0.05) is 6.61 Å². The molecule has 1 aliphatic rings. The molecule has 2 atom stereocenters. The molecule has 0 aromatic rings. The van der Waals surface area contributed by atoms with Crippen LogP contribution in [-0.4, -0.2) is 13.2 Å². The van der Waals surface area contributed by atoms with Gasteiger partial charge in [0.25, 0.3) is 0 Å². The molecule has 2 heteroatoms. The van der Waals surface area contributed by atoms with Crippen LogP contribution in [-0.2, 0) is 4.74 Å². The largest absolute Gasteiger partial charge is 0.381 e. The molecule has 0 spiro atoms. The van der Waals surface area contributed by atoms with Gasteiger partial charge in [-0.2, -0.15) is 5.26 Å². The summed E-state index contributed by atoms with van der Waals surface area (Å²) in [5.41, 5.74) is 0. The van der Waals surface area contributed by atoms with Gasteiger partial charge in [-0.1, -0.05) is 6.92 Å². The first-order valence-electron chi connectivity index (χ1n) is 4.35. The van der Waals surface area contributed by atoms with Gasteiger partial charge < -0.3 is 4.74 Å². The van der Waals surface area contributed by atoms with Gasteiger partial charge in [0.05, 0.1) is 18.6 Å². The number of rotatable bonds is 2. The molecule has 0 aromatic heterocycles. The van der Waals surface area contributed by atoms with Crippen molar-refractivity contribution in [3.63, 3.8) is 0 Å². The van der Waals surface area contributed by atoms with E-state index >= 15 is 0 Å². The lowest BCUT2D eigenvalue weighted by Crippen LogP contribution is -2.23. The van der Waals surface area contributed by atoms with Crippen LogP contribution >= 0.6 is 0 Å². The van der Waals surface area contributed by atoms with Gasteiger partial charge in [0.15, 0.2) is 0 Å². The molecular formula is C9H15NO. The maximum absolute atomic E-state index is 8.77. The minimum Gasteiger partial charge on any atom is -0.381 e. The van der Waals surface area contributed by atoms with E-state index in [2.05, 4.69) is 13.0 Å². The highest BCUT2D eigenvalue weighted by Gasteiger charge is 2.22. The summed E-state index contributed by atoms with van der Waals surface area (Å²) in [6, 6.07) is 2.34. The van der Waals surface area contributed by atoms with E-state index < -0.39 is 0 Å². The van der Waals surface area contributed by atoms with Crippen molar-refractivity contribution in [2.75, 3.05) is 13.2 Å². The summed E-state index contributed by atoms with van der Waals surface area (Å²) in [4.78, 5) is 0. The van der Waals surface area contributed by atoms with E-state index in [0.29, 0.717) is 5.92 Å². The first-order valence-corrected chi connectivity index (χ1v) is 4.35. The molecular weight excluding hydrogens is 138 g/mol. The SMILES string of the molecule is CCC(C#N)C1CCCOC1. The van der Waals surface area contributed by atoms with E-state index in [4.69, 9.17) is 10.00 Å². The summed E-state index contributed by atoms with van der Waals surface area (Å²) < 4.78 is 5.32. The topological polar surface area (TPSA) is 33.0 Å². The van der Waals surface area contributed by atoms with E-state index in [1.54, 1.807) is 0 Å². The Hall–Kier alpha value is -0.550. The monoisotopic (exact) mass is 153 g/mol. The fraction of sp³-hybridized carbons (Fsp3) is 0.889. The Kier molecular flexibility index (Phi) is 3.38. The molecule has 1 rings (SSSR count). The standard InChI is InChI=1S/C9H15NO/c1-2-8(6-10)9-4-3-5-11-7-9/h8-9H,2-5,7H2,1H3. The van der Waals surface area contributed by atoms with E-state index in [-0.39, 0.29) is 5.92 Å². The van der Waals surface area contributed by atoms with Crippen molar-refractivity contribution >= 4 is 0 Å². The van der Waals surface area contributed by atoms with Crippen molar-refractivity contribution in [2.45, 2.75) is 26.2 Å². The number of nitrogens with zero attached hydrogens (tertiary/aromatic N) is 1. The van der Waals surface area contributed by atoms with Crippen LogP contribution in [0.2, 0.25) is 0 Å². The number of ether oxygens (including phenoxy) is 1. The molecule has 0 radical (unpaired) electrons. The van der Waals surface area contributed by atoms with Gasteiger partial charge in [-0.05, 0) is 25.2 Å². The van der Waals surface area contributed by atoms with Crippen LogP contribution in [0.25, 0.3) is 0 Å². The van der Waals surface area contributed by atoms with Crippen molar-refractivity contribution in [3.8, 4) is 6.07 Å². The van der Waals surface area contributed by atoms with Crippen LogP contribution in [0.15, 0.2) is 0 Å². The molecule has 2 unspecified atom stereocenters. The second-order valence-electron chi connectivity index (χ2n) is 3.12. The second kappa shape index (κ2) is 4.35. The van der Waals surface area contributed by atoms with E-state index in [1.165, 1.54) is 6.42 Å². The minimum absolute atomic E-state index is 0.218. The first-order chi connectivity index (χ1) is 5.38. The van der Waals surface area contributed by atoms with Crippen molar-refractivity contribution < 1.29 is 4.74 Å². The molecule has 2 nitrogen and oxygen atoms in total. The fourth-order valence-electron chi connectivity index (χ4n) is 1.61. The Labute approximate surface area is 68.2 Å². The van der Waals surface area contributed by atoms with Gasteiger partial charge in [-0.25, -0.2) is 0 Å². The summed E-state index contributed by atoms with van der Waals surface area (Å²) in [7, 11) is 0. The summed E-state index contributed by atoms with van der Waals surface area (Å²) in [5.74, 6) is 0.717. The third-order valence-electron chi connectivity index (χ3n) is 2.37. The number of hydrogen-bond acceptors (Lipinski definition) is 2. The zero-order valence-electron chi connectivity index (χ0n) is 7.05. The average molecular weight is 153 g/mol. The number of nitriles is 1. The van der Waals surface area contributed by atoms with Crippen molar-refractivity contribution in [1.29, 1.82) is 5.26 Å². The highest BCUT2D eigenvalue weighted by Crippen LogP contribution is 2.23. The van der Waals surface area contributed by atoms with Crippen molar-refractivity contribution in [2.24, 2.45) is 11.8 Å². The van der Waals surface area contributed by atoms with Crippen LogP contribution in [0.4, 0.5) is 0 Å². The van der Waals surface area contributed by atoms with Crippen LogP contribution in [0, 0.1) is 23.2 Å². The Bertz CT molecular complexity index is 144. The molecule has 0 aliphatic carbocycles. The Morgan fingerprint density at radius 1 is 1.73 bits per heavy atom. The quantitative estimate of drug-likeness (QED) is 0.607. The Morgan fingerprint density at radius 3 is 3.00 bits per heavy atom. The molecule has 1 fully saturated rings. The first kappa shape index (κ1) is 8.55. The highest BCUT2D eigenvalue weighted by atomic mass is 16.5. The highest BCUT2D eigenvalue weighted by molar-refractivity contribution is 4.87. The predicted octanol–water partition coefficient (Wildman–Crippen LogP) is 1.96. The molecule has 0 N–H and O–H groups in total. The van der Waals surface area contributed by atoms with Gasteiger partial charge >= 0.3 is 0 Å². The predicted molar refractivity (Wildman–Crippen MR) is 42.9 cm³/mol. The average Bonchev–Trinajstić information content (AvgIpc) is 2.09. The normalized spacial score (nSPS) is 27.5. The van der Waals surface area contributed by atoms with E-state index in [1.807, 2.05) is 0 Å². The lowest BCUT2D eigenvalue weighted by molar-refractivity contribution is 0.0396. The van der Waals surface area contributed by atoms with Crippen LogP contribution in [0.3, 0.4) is 0 Å². The molecule has 0 amide bonds. The molecule has 1 saturated heterocycles. The molecule has 1 aliphatic heterocycles. The maximum atomic E-state index is 8.77. The lowest BCUT2D eigenvalue weighted by atomic mass is 9.87. The summed E-state index contributed by atoms with van der Waals surface area (Å²) >= 11 is 0. The molecule has 1 heterocycles. The molecule has 62 valence electrons. The van der Waals surface area contributed by atoms with Gasteiger partial charge in [0.2, 0.25) is 0 Å². The minimum atomic E-state index is 0.218. The maximum Gasteiger partial charge on any atom is 0.0659 e. The Morgan fingerprint density at radius 2 is 2.55 bits per heavy atom. The van der Waals surface area contributed by atoms with Crippen LogP contribution in [0.1, 0.15) is 26.2 Å². The van der Waals surface area contributed by atoms with E-state index in [9.17, 15) is 0 Å². The summed E-state index contributed by atoms with van der Waals surface area (Å²) in [6.45, 7) is 3.76. The molecule has 11 heavy (non-hydrogen) atoms. The third kappa shape index (κ3) is 2.20. The van der Waals surface area contributed by atoms with Crippen molar-refractivity contribution in [3.05, 3.63) is 0 Å². The van der Waals surface area contributed by atoms with Gasteiger partial charge in [-0.15, -0.1) is 0 Å². The van der Waals surface area contributed by atoms with Gasteiger partial charge in [0.1, 0.15) is 0 Å². The lowest BCUT2D eigenvalue weighted by Gasteiger charge is -2.24. The van der Waals surface area contributed by atoms with E-state index in [0.717, 1.165) is 26.1 Å². The molecule has 0 bridgehead atoms. The zero-order chi connectivity index (χ0) is 8.10. The third-order valence-corrected chi connectivity index (χ3v) is 2.37. The van der Waals surface area contributed by atoms with Crippen LogP contribution < -0.4 is 0 Å². The number of hydrogen-bond donors (Lipinski definition) is 0. The smallest absolute Gasteiger partial charge is 0.0659 e. The summed E-state index contributed by atoms with van der Waals surface area (Å²) in [5, 5.41) is 8.77. The van der Waals surface area contributed by atoms with Crippen LogP contribution in [0.5, 0.6) is 0 Å². The Balaban J connectivity index is 2.38.